The fraction of sp³-hybridized carbons (Fsp3) is 0.176. The summed E-state index contributed by atoms with van der Waals surface area (Å²) in [5.41, 5.74) is 6.83. The Morgan fingerprint density at radius 3 is 2.50 bits per heavy atom. The third-order valence-corrected chi connectivity index (χ3v) is 3.55. The minimum Gasteiger partial charge on any atom is -0.457 e. The number of rotatable bonds is 4. The zero-order chi connectivity index (χ0) is 16.4. The van der Waals surface area contributed by atoms with Crippen LogP contribution < -0.4 is 10.5 Å². The van der Waals surface area contributed by atoms with Crippen LogP contribution in [-0.4, -0.2) is 11.5 Å². The van der Waals surface area contributed by atoms with E-state index in [0.29, 0.717) is 18.7 Å². The topological polar surface area (TPSA) is 51.0 Å². The highest BCUT2D eigenvalue weighted by Crippen LogP contribution is 2.33. The lowest BCUT2D eigenvalue weighted by molar-refractivity contribution is -0.137. The molecule has 3 rings (SSSR count). The van der Waals surface area contributed by atoms with Crippen LogP contribution in [0.5, 0.6) is 11.5 Å². The van der Waals surface area contributed by atoms with Gasteiger partial charge in [-0.25, -0.2) is 0 Å². The number of fused-ring (bicyclic) bond motifs is 1. The quantitative estimate of drug-likeness (QED) is 0.698. The molecule has 3 N–H and O–H groups in total. The molecule has 3 aromatic rings. The van der Waals surface area contributed by atoms with Gasteiger partial charge in [-0.3, -0.25) is 0 Å². The molecule has 0 amide bonds. The van der Waals surface area contributed by atoms with Crippen molar-refractivity contribution in [1.29, 1.82) is 0 Å². The Labute approximate surface area is 143 Å². The van der Waals surface area contributed by atoms with Crippen molar-refractivity contribution in [2.75, 3.05) is 6.54 Å². The van der Waals surface area contributed by atoms with Gasteiger partial charge < -0.3 is 15.5 Å². The summed E-state index contributed by atoms with van der Waals surface area (Å²) in [6, 6.07) is 10.2. The first-order valence-electron chi connectivity index (χ1n) is 7.12. The maximum atomic E-state index is 12.7. The second-order valence-corrected chi connectivity index (χ2v) is 5.19. The minimum absolute atomic E-state index is 0. The molecule has 0 saturated carbocycles. The van der Waals surface area contributed by atoms with Crippen molar-refractivity contribution in [3.05, 3.63) is 59.8 Å². The average Bonchev–Trinajstić information content (AvgIpc) is 2.90. The maximum absolute atomic E-state index is 12.7. The van der Waals surface area contributed by atoms with Crippen LogP contribution in [0.3, 0.4) is 0 Å². The second kappa shape index (κ2) is 7.15. The fourth-order valence-electron chi connectivity index (χ4n) is 2.46. The number of aromatic nitrogens is 1. The second-order valence-electron chi connectivity index (χ2n) is 5.19. The highest BCUT2D eigenvalue weighted by atomic mass is 35.5. The van der Waals surface area contributed by atoms with Crippen LogP contribution in [-0.2, 0) is 12.6 Å². The first-order chi connectivity index (χ1) is 11.0. The Balaban J connectivity index is 0.00000208. The maximum Gasteiger partial charge on any atom is 0.416 e. The van der Waals surface area contributed by atoms with E-state index in [2.05, 4.69) is 4.98 Å². The average molecular weight is 357 g/mol. The van der Waals surface area contributed by atoms with Crippen molar-refractivity contribution in [1.82, 2.24) is 4.98 Å². The number of aromatic amines is 1. The molecule has 0 aliphatic rings. The molecule has 2 aromatic carbocycles. The van der Waals surface area contributed by atoms with Crippen molar-refractivity contribution in [3.63, 3.8) is 0 Å². The van der Waals surface area contributed by atoms with Crippen LogP contribution in [0.25, 0.3) is 10.9 Å². The Kier molecular flexibility index (Phi) is 5.41. The molecule has 0 spiro atoms. The lowest BCUT2D eigenvalue weighted by Gasteiger charge is -2.10. The van der Waals surface area contributed by atoms with Crippen LogP contribution >= 0.6 is 12.4 Å². The van der Waals surface area contributed by atoms with E-state index in [1.807, 2.05) is 12.3 Å². The molecule has 0 aliphatic carbocycles. The van der Waals surface area contributed by atoms with E-state index in [9.17, 15) is 13.2 Å². The summed E-state index contributed by atoms with van der Waals surface area (Å²) in [5, 5.41) is 0.958. The third kappa shape index (κ3) is 3.83. The van der Waals surface area contributed by atoms with Gasteiger partial charge in [-0.15, -0.1) is 12.4 Å². The first-order valence-corrected chi connectivity index (χ1v) is 7.12. The molecule has 0 fully saturated rings. The fourth-order valence-corrected chi connectivity index (χ4v) is 2.46. The van der Waals surface area contributed by atoms with Crippen molar-refractivity contribution >= 4 is 23.3 Å². The lowest BCUT2D eigenvalue weighted by atomic mass is 10.1. The molecule has 24 heavy (non-hydrogen) atoms. The predicted octanol–water partition coefficient (Wildman–Crippen LogP) is 4.90. The van der Waals surface area contributed by atoms with Gasteiger partial charge in [0.25, 0.3) is 0 Å². The molecule has 0 radical (unpaired) electrons. The Bertz CT molecular complexity index is 830. The van der Waals surface area contributed by atoms with Crippen molar-refractivity contribution in [2.45, 2.75) is 12.6 Å². The van der Waals surface area contributed by atoms with Gasteiger partial charge in [-0.2, -0.15) is 13.2 Å². The van der Waals surface area contributed by atoms with Crippen molar-refractivity contribution < 1.29 is 17.9 Å². The smallest absolute Gasteiger partial charge is 0.416 e. The van der Waals surface area contributed by atoms with Gasteiger partial charge in [-0.05, 0) is 54.9 Å². The van der Waals surface area contributed by atoms with Gasteiger partial charge in [0.15, 0.2) is 0 Å². The Morgan fingerprint density at radius 1 is 1.04 bits per heavy atom. The molecule has 128 valence electrons. The largest absolute Gasteiger partial charge is 0.457 e. The van der Waals surface area contributed by atoms with E-state index >= 15 is 0 Å². The number of ether oxygens (including phenoxy) is 1. The van der Waals surface area contributed by atoms with Crippen molar-refractivity contribution in [3.8, 4) is 11.5 Å². The normalized spacial score (nSPS) is 11.3. The highest BCUT2D eigenvalue weighted by molar-refractivity contribution is 5.85. The van der Waals surface area contributed by atoms with Gasteiger partial charge in [-0.1, -0.05) is 6.07 Å². The molecule has 7 heteroatoms. The SMILES string of the molecule is Cl.NCCc1c[nH]c2ccc(Oc3cccc(C(F)(F)F)c3)cc12. The van der Waals surface area contributed by atoms with Crippen LogP contribution in [0.4, 0.5) is 13.2 Å². The van der Waals surface area contributed by atoms with E-state index in [4.69, 9.17) is 10.5 Å². The lowest BCUT2D eigenvalue weighted by Crippen LogP contribution is -2.04. The number of H-pyrrole nitrogens is 1. The highest BCUT2D eigenvalue weighted by Gasteiger charge is 2.30. The summed E-state index contributed by atoms with van der Waals surface area (Å²) >= 11 is 0. The summed E-state index contributed by atoms with van der Waals surface area (Å²) < 4.78 is 43.8. The molecule has 3 nitrogen and oxygen atoms in total. The monoisotopic (exact) mass is 356 g/mol. The van der Waals surface area contributed by atoms with Crippen LogP contribution in [0, 0.1) is 0 Å². The summed E-state index contributed by atoms with van der Waals surface area (Å²) in [5.74, 6) is 0.629. The number of hydrogen-bond donors (Lipinski definition) is 2. The van der Waals surface area contributed by atoms with Crippen LogP contribution in [0.2, 0.25) is 0 Å². The standard InChI is InChI=1S/C17H15F3N2O.ClH/c18-17(19,20)12-2-1-3-13(8-12)23-14-4-5-16-15(9-14)11(6-7-21)10-22-16;/h1-5,8-10,22H,6-7,21H2;1H. The van der Waals surface area contributed by atoms with E-state index in [1.165, 1.54) is 12.1 Å². The third-order valence-electron chi connectivity index (χ3n) is 3.55. The van der Waals surface area contributed by atoms with Gasteiger partial charge in [0.2, 0.25) is 0 Å². The Morgan fingerprint density at radius 2 is 1.79 bits per heavy atom. The molecule has 0 atom stereocenters. The van der Waals surface area contributed by atoms with E-state index in [0.717, 1.165) is 28.6 Å². The van der Waals surface area contributed by atoms with Crippen molar-refractivity contribution in [2.24, 2.45) is 5.73 Å². The molecular weight excluding hydrogens is 341 g/mol. The zero-order valence-electron chi connectivity index (χ0n) is 12.6. The van der Waals surface area contributed by atoms with E-state index < -0.39 is 11.7 Å². The molecule has 0 unspecified atom stereocenters. The van der Waals surface area contributed by atoms with Gasteiger partial charge in [0.05, 0.1) is 5.56 Å². The van der Waals surface area contributed by atoms with E-state index in [-0.39, 0.29) is 18.2 Å². The summed E-state index contributed by atoms with van der Waals surface area (Å²) in [6.07, 6.45) is -1.79. The minimum atomic E-state index is -4.39. The molecule has 1 heterocycles. The predicted molar refractivity (Wildman–Crippen MR) is 89.8 cm³/mol. The number of benzene rings is 2. The van der Waals surface area contributed by atoms with Gasteiger partial charge >= 0.3 is 6.18 Å². The number of hydrogen-bond acceptors (Lipinski definition) is 2. The molecular formula is C17H16ClF3N2O. The van der Waals surface area contributed by atoms with Crippen LogP contribution in [0.15, 0.2) is 48.7 Å². The molecule has 0 saturated heterocycles. The summed E-state index contributed by atoms with van der Waals surface area (Å²) in [4.78, 5) is 3.13. The van der Waals surface area contributed by atoms with E-state index in [1.54, 1.807) is 12.1 Å². The number of halogens is 4. The molecule has 0 bridgehead atoms. The van der Waals surface area contributed by atoms with Crippen LogP contribution in [0.1, 0.15) is 11.1 Å². The number of nitrogens with two attached hydrogens (primary N) is 1. The summed E-state index contributed by atoms with van der Waals surface area (Å²) in [6.45, 7) is 0.520. The number of nitrogens with one attached hydrogen (secondary N) is 1. The first kappa shape index (κ1) is 18.2. The Hall–Kier alpha value is -2.18. The van der Waals surface area contributed by atoms with Gasteiger partial charge in [0.1, 0.15) is 11.5 Å². The van der Waals surface area contributed by atoms with Gasteiger partial charge in [0, 0.05) is 17.1 Å². The molecule has 1 aromatic heterocycles. The summed E-state index contributed by atoms with van der Waals surface area (Å²) in [7, 11) is 0. The zero-order valence-corrected chi connectivity index (χ0v) is 13.4. The molecule has 0 aliphatic heterocycles. The number of alkyl halides is 3.